The number of rotatable bonds is 4. The molecule has 0 unspecified atom stereocenters. The minimum Gasteiger partial charge on any atom is -0.298 e. The monoisotopic (exact) mass is 376 g/mol. The van der Waals surface area contributed by atoms with Gasteiger partial charge in [0.25, 0.3) is 0 Å². The molecule has 4 aliphatic carbocycles. The van der Waals surface area contributed by atoms with Crippen molar-refractivity contribution < 1.29 is 9.18 Å². The van der Waals surface area contributed by atoms with Crippen LogP contribution in [0.2, 0.25) is 0 Å². The van der Waals surface area contributed by atoms with Crippen LogP contribution < -0.4 is 0 Å². The van der Waals surface area contributed by atoms with Crippen LogP contribution in [-0.2, 0) is 4.79 Å². The molecule has 0 aromatic carbocycles. The molecule has 4 aliphatic rings. The maximum atomic E-state index is 15.6. The van der Waals surface area contributed by atoms with Gasteiger partial charge < -0.3 is 0 Å². The maximum absolute atomic E-state index is 15.6. The lowest BCUT2D eigenvalue weighted by molar-refractivity contribution is -0.194. The minimum absolute atomic E-state index is 0.354. The Balaban J connectivity index is 1.32. The van der Waals surface area contributed by atoms with E-state index in [-0.39, 0.29) is 0 Å². The van der Waals surface area contributed by atoms with E-state index in [9.17, 15) is 4.79 Å². The van der Waals surface area contributed by atoms with E-state index in [1.54, 1.807) is 0 Å². The molecule has 4 saturated carbocycles. The lowest BCUT2D eigenvalue weighted by Gasteiger charge is -2.61. The highest BCUT2D eigenvalue weighted by Gasteiger charge is 2.71. The van der Waals surface area contributed by atoms with Crippen molar-refractivity contribution >= 4 is 5.78 Å². The number of halogens is 1. The van der Waals surface area contributed by atoms with E-state index >= 15 is 4.39 Å². The number of carbonyl (C=O) groups excluding carboxylic acids is 1. The van der Waals surface area contributed by atoms with Crippen molar-refractivity contribution in [3.05, 3.63) is 0 Å². The molecule has 0 amide bonds. The topological polar surface area (TPSA) is 17.1 Å². The van der Waals surface area contributed by atoms with E-state index in [4.69, 9.17) is 0 Å². The van der Waals surface area contributed by atoms with Crippen LogP contribution in [0.3, 0.4) is 0 Å². The first-order valence-electron chi connectivity index (χ1n) is 12.2. The van der Waals surface area contributed by atoms with Gasteiger partial charge in [-0.25, -0.2) is 4.39 Å². The molecule has 27 heavy (non-hydrogen) atoms. The highest BCUT2D eigenvalue weighted by atomic mass is 19.1. The van der Waals surface area contributed by atoms with Gasteiger partial charge in [0.05, 0.1) is 10.8 Å². The molecular weight excluding hydrogens is 335 g/mol. The molecule has 0 N–H and O–H groups in total. The quantitative estimate of drug-likeness (QED) is 0.504. The van der Waals surface area contributed by atoms with Gasteiger partial charge in [0.1, 0.15) is 6.17 Å². The first-order chi connectivity index (χ1) is 13.0. The lowest BCUT2D eigenvalue weighted by atomic mass is 9.41. The van der Waals surface area contributed by atoms with Gasteiger partial charge in [-0.05, 0) is 87.9 Å². The zero-order valence-corrected chi connectivity index (χ0v) is 17.8. The van der Waals surface area contributed by atoms with Crippen molar-refractivity contribution in [2.45, 2.75) is 116 Å². The second kappa shape index (κ2) is 7.79. The molecule has 4 fully saturated rings. The van der Waals surface area contributed by atoms with E-state index < -0.39 is 17.0 Å². The SMILES string of the molecule is CCCCC1CC[C@]2(CC1)C(=O)[C@@]1(CCC(C3CCC(C)CC3)CC1)[C@@H]2F. The average Bonchev–Trinajstić information content (AvgIpc) is 2.72. The molecule has 1 atom stereocenters. The first kappa shape index (κ1) is 19.9. The van der Waals surface area contributed by atoms with E-state index in [1.807, 2.05) is 0 Å². The Kier molecular flexibility index (Phi) is 5.74. The summed E-state index contributed by atoms with van der Waals surface area (Å²) in [5.41, 5.74) is -1.12. The number of ketones is 1. The van der Waals surface area contributed by atoms with Gasteiger partial charge in [-0.3, -0.25) is 4.79 Å². The van der Waals surface area contributed by atoms with Crippen LogP contribution in [0, 0.1) is 34.5 Å². The van der Waals surface area contributed by atoms with Crippen molar-refractivity contribution in [2.24, 2.45) is 34.5 Å². The zero-order valence-electron chi connectivity index (χ0n) is 17.8. The van der Waals surface area contributed by atoms with E-state index in [0.29, 0.717) is 5.78 Å². The Morgan fingerprint density at radius 2 is 1.37 bits per heavy atom. The molecule has 0 heterocycles. The summed E-state index contributed by atoms with van der Waals surface area (Å²) >= 11 is 0. The standard InChI is InChI=1S/C25H41FO/c1-3-4-5-19-10-14-24(15-11-19)22(26)25(23(24)27)16-12-21(13-17-25)20-8-6-18(2)7-9-20/h18-22H,3-17H2,1-2H3/t18?,19?,20?,21?,22-,24-,25-/m1/s1. The number of hydrogen-bond donors (Lipinski definition) is 0. The van der Waals surface area contributed by atoms with Gasteiger partial charge in [0.2, 0.25) is 0 Å². The van der Waals surface area contributed by atoms with Crippen molar-refractivity contribution in [1.82, 2.24) is 0 Å². The van der Waals surface area contributed by atoms with E-state index in [0.717, 1.165) is 75.0 Å². The number of hydrogen-bond acceptors (Lipinski definition) is 1. The third kappa shape index (κ3) is 3.31. The largest absolute Gasteiger partial charge is 0.298 e. The maximum Gasteiger partial charge on any atom is 0.151 e. The fourth-order valence-corrected chi connectivity index (χ4v) is 7.50. The second-order valence-electron chi connectivity index (χ2n) is 10.9. The molecule has 1 nitrogen and oxygen atoms in total. The van der Waals surface area contributed by atoms with Crippen LogP contribution in [0.25, 0.3) is 0 Å². The van der Waals surface area contributed by atoms with Gasteiger partial charge in [0, 0.05) is 0 Å². The van der Waals surface area contributed by atoms with Crippen molar-refractivity contribution in [3.63, 3.8) is 0 Å². The average molecular weight is 377 g/mol. The minimum atomic E-state index is -0.836. The molecular formula is C25H41FO. The smallest absolute Gasteiger partial charge is 0.151 e. The molecule has 2 spiro atoms. The van der Waals surface area contributed by atoms with Crippen LogP contribution in [0.4, 0.5) is 4.39 Å². The van der Waals surface area contributed by atoms with Crippen molar-refractivity contribution in [2.75, 3.05) is 0 Å². The molecule has 0 saturated heterocycles. The summed E-state index contributed by atoms with van der Waals surface area (Å²) < 4.78 is 15.6. The highest BCUT2D eigenvalue weighted by molar-refractivity contribution is 5.98. The molecule has 0 radical (unpaired) electrons. The Bertz CT molecular complexity index is 516. The number of unbranched alkanes of at least 4 members (excludes halogenated alkanes) is 1. The molecule has 0 bridgehead atoms. The number of Topliss-reactive ketones (excluding diaryl/α,β-unsaturated/α-hetero) is 1. The third-order valence-corrected chi connectivity index (χ3v) is 9.49. The van der Waals surface area contributed by atoms with E-state index in [2.05, 4.69) is 13.8 Å². The van der Waals surface area contributed by atoms with Crippen LogP contribution in [0.15, 0.2) is 0 Å². The Morgan fingerprint density at radius 1 is 0.852 bits per heavy atom. The Hall–Kier alpha value is -0.400. The van der Waals surface area contributed by atoms with Crippen LogP contribution in [-0.4, -0.2) is 12.0 Å². The van der Waals surface area contributed by atoms with Crippen LogP contribution in [0.1, 0.15) is 110 Å². The van der Waals surface area contributed by atoms with Gasteiger partial charge >= 0.3 is 0 Å². The summed E-state index contributed by atoms with van der Waals surface area (Å²) in [6.45, 7) is 4.62. The molecule has 2 heteroatoms. The summed E-state index contributed by atoms with van der Waals surface area (Å²) in [4.78, 5) is 13.3. The summed E-state index contributed by atoms with van der Waals surface area (Å²) in [5.74, 6) is 3.62. The highest BCUT2D eigenvalue weighted by Crippen LogP contribution is 2.66. The molecule has 0 aromatic heterocycles. The first-order valence-corrected chi connectivity index (χ1v) is 12.2. The zero-order chi connectivity index (χ0) is 19.1. The number of carbonyl (C=O) groups is 1. The fourth-order valence-electron chi connectivity index (χ4n) is 7.50. The summed E-state index contributed by atoms with van der Waals surface area (Å²) in [5, 5.41) is 0. The molecule has 154 valence electrons. The van der Waals surface area contributed by atoms with Gasteiger partial charge in [-0.15, -0.1) is 0 Å². The second-order valence-corrected chi connectivity index (χ2v) is 10.9. The molecule has 0 aliphatic heterocycles. The van der Waals surface area contributed by atoms with Crippen molar-refractivity contribution in [3.8, 4) is 0 Å². The van der Waals surface area contributed by atoms with Crippen LogP contribution >= 0.6 is 0 Å². The Morgan fingerprint density at radius 3 is 1.89 bits per heavy atom. The Labute approximate surface area is 166 Å². The normalized spacial score (nSPS) is 48.0. The third-order valence-electron chi connectivity index (χ3n) is 9.49. The van der Waals surface area contributed by atoms with E-state index in [1.165, 1.54) is 44.9 Å². The molecule has 4 rings (SSSR count). The predicted octanol–water partition coefficient (Wildman–Crippen LogP) is 7.28. The van der Waals surface area contributed by atoms with Gasteiger partial charge in [0.15, 0.2) is 5.78 Å². The lowest BCUT2D eigenvalue weighted by Crippen LogP contribution is -2.69. The summed E-state index contributed by atoms with van der Waals surface area (Å²) in [6.07, 6.45) is 16.3. The predicted molar refractivity (Wildman–Crippen MR) is 109 cm³/mol. The number of alkyl halides is 1. The molecule has 0 aromatic rings. The van der Waals surface area contributed by atoms with Gasteiger partial charge in [-0.1, -0.05) is 46.0 Å². The van der Waals surface area contributed by atoms with Crippen LogP contribution in [0.5, 0.6) is 0 Å². The summed E-state index contributed by atoms with van der Waals surface area (Å²) in [6, 6.07) is 0. The fraction of sp³-hybridized carbons (Fsp3) is 0.960. The van der Waals surface area contributed by atoms with Crippen molar-refractivity contribution in [1.29, 1.82) is 0 Å². The summed E-state index contributed by atoms with van der Waals surface area (Å²) in [7, 11) is 0. The van der Waals surface area contributed by atoms with Gasteiger partial charge in [-0.2, -0.15) is 0 Å².